The van der Waals surface area contributed by atoms with Gasteiger partial charge in [0.2, 0.25) is 0 Å². The average molecular weight is 322 g/mol. The first-order chi connectivity index (χ1) is 11.5. The summed E-state index contributed by atoms with van der Waals surface area (Å²) in [5.41, 5.74) is 8.07. The van der Waals surface area contributed by atoms with Crippen LogP contribution in [0.1, 0.15) is 5.56 Å². The summed E-state index contributed by atoms with van der Waals surface area (Å²) < 4.78 is 0. The number of non-ortho nitro benzene ring substituents is 1. The molecule has 0 heterocycles. The van der Waals surface area contributed by atoms with E-state index in [1.165, 1.54) is 24.3 Å². The Labute approximate surface area is 137 Å². The Morgan fingerprint density at radius 1 is 1.04 bits per heavy atom. The van der Waals surface area contributed by atoms with Crippen molar-refractivity contribution in [1.82, 2.24) is 0 Å². The molecule has 3 N–H and O–H groups in total. The summed E-state index contributed by atoms with van der Waals surface area (Å²) in [6, 6.07) is 12.6. The van der Waals surface area contributed by atoms with Crippen molar-refractivity contribution in [3.63, 3.8) is 0 Å². The molecule has 0 fully saturated rings. The molecule has 3 aromatic carbocycles. The minimum absolute atomic E-state index is 0.00966. The molecule has 0 spiro atoms. The Balaban J connectivity index is 2.04. The molecule has 0 aliphatic carbocycles. The van der Waals surface area contributed by atoms with E-state index in [0.29, 0.717) is 17.1 Å². The van der Waals surface area contributed by atoms with E-state index in [1.807, 2.05) is 13.0 Å². The second-order valence-corrected chi connectivity index (χ2v) is 5.34. The van der Waals surface area contributed by atoms with Crippen LogP contribution < -0.4 is 5.73 Å². The highest BCUT2D eigenvalue weighted by molar-refractivity contribution is 5.98. The van der Waals surface area contributed by atoms with Crippen LogP contribution in [0.25, 0.3) is 10.8 Å². The molecule has 0 atom stereocenters. The molecule has 0 bridgehead atoms. The monoisotopic (exact) mass is 322 g/mol. The lowest BCUT2D eigenvalue weighted by atomic mass is 10.0. The van der Waals surface area contributed by atoms with Gasteiger partial charge in [-0.25, -0.2) is 0 Å². The van der Waals surface area contributed by atoms with Crippen molar-refractivity contribution in [2.75, 3.05) is 5.73 Å². The van der Waals surface area contributed by atoms with Gasteiger partial charge in [0, 0.05) is 23.2 Å². The van der Waals surface area contributed by atoms with E-state index in [0.717, 1.165) is 16.3 Å². The highest BCUT2D eigenvalue weighted by Gasteiger charge is 2.10. The van der Waals surface area contributed by atoms with Crippen LogP contribution in [-0.4, -0.2) is 10.0 Å². The number of hydrogen-bond acceptors (Lipinski definition) is 6. The Bertz CT molecular complexity index is 966. The first-order valence-electron chi connectivity index (χ1n) is 7.14. The molecule has 7 nitrogen and oxygen atoms in total. The number of hydrogen-bond donors (Lipinski definition) is 2. The van der Waals surface area contributed by atoms with Gasteiger partial charge in [-0.1, -0.05) is 0 Å². The maximum absolute atomic E-state index is 10.7. The lowest BCUT2D eigenvalue weighted by Crippen LogP contribution is -1.86. The number of fused-ring (bicyclic) bond motifs is 1. The number of nitro groups is 1. The first-order valence-corrected chi connectivity index (χ1v) is 7.14. The van der Waals surface area contributed by atoms with Crippen LogP contribution in [0, 0.1) is 17.0 Å². The van der Waals surface area contributed by atoms with E-state index in [9.17, 15) is 15.2 Å². The van der Waals surface area contributed by atoms with Crippen LogP contribution in [0.4, 0.5) is 22.7 Å². The van der Waals surface area contributed by atoms with Gasteiger partial charge in [-0.2, -0.15) is 5.11 Å². The zero-order chi connectivity index (χ0) is 17.3. The van der Waals surface area contributed by atoms with Crippen molar-refractivity contribution in [1.29, 1.82) is 0 Å². The topological polar surface area (TPSA) is 114 Å². The highest BCUT2D eigenvalue weighted by Crippen LogP contribution is 2.38. The lowest BCUT2D eigenvalue weighted by Gasteiger charge is -2.08. The second-order valence-electron chi connectivity index (χ2n) is 5.34. The summed E-state index contributed by atoms with van der Waals surface area (Å²) in [5.74, 6) is 0.00966. The SMILES string of the molecule is Cc1cc(O)c(N=Nc2ccc([N+](=O)[O-])cc2)c2ccc(N)cc12. The number of azo groups is 1. The van der Waals surface area contributed by atoms with Crippen molar-refractivity contribution in [2.45, 2.75) is 6.92 Å². The second kappa shape index (κ2) is 5.96. The fourth-order valence-corrected chi connectivity index (χ4v) is 2.44. The molecular formula is C17H14N4O3. The molecule has 0 saturated carbocycles. The van der Waals surface area contributed by atoms with E-state index < -0.39 is 4.92 Å². The van der Waals surface area contributed by atoms with Gasteiger partial charge in [0.15, 0.2) is 0 Å². The smallest absolute Gasteiger partial charge is 0.269 e. The van der Waals surface area contributed by atoms with Crippen LogP contribution in [0.5, 0.6) is 5.75 Å². The third-order valence-electron chi connectivity index (χ3n) is 3.65. The van der Waals surface area contributed by atoms with Gasteiger partial charge >= 0.3 is 0 Å². The molecule has 7 heteroatoms. The highest BCUT2D eigenvalue weighted by atomic mass is 16.6. The quantitative estimate of drug-likeness (QED) is 0.313. The maximum atomic E-state index is 10.7. The molecule has 0 aliphatic rings. The molecule has 0 saturated heterocycles. The van der Waals surface area contributed by atoms with Crippen LogP contribution in [0.2, 0.25) is 0 Å². The first kappa shape index (κ1) is 15.4. The molecule has 0 radical (unpaired) electrons. The molecule has 3 rings (SSSR count). The van der Waals surface area contributed by atoms with Crippen LogP contribution in [0.3, 0.4) is 0 Å². The standard InChI is InChI=1S/C17H14N4O3/c1-10-8-16(22)17(14-7-2-11(18)9-15(10)14)20-19-12-3-5-13(6-4-12)21(23)24/h2-9,22H,18H2,1H3. The summed E-state index contributed by atoms with van der Waals surface area (Å²) in [4.78, 5) is 10.2. The van der Waals surface area contributed by atoms with Gasteiger partial charge in [-0.3, -0.25) is 10.1 Å². The molecule has 0 amide bonds. The molecule has 0 aromatic heterocycles. The summed E-state index contributed by atoms with van der Waals surface area (Å²) >= 11 is 0. The van der Waals surface area contributed by atoms with Crippen molar-refractivity contribution in [3.05, 3.63) is 64.2 Å². The summed E-state index contributed by atoms with van der Waals surface area (Å²) in [6.45, 7) is 1.87. The number of aromatic hydroxyl groups is 1. The third kappa shape index (κ3) is 2.87. The Kier molecular flexibility index (Phi) is 3.83. The fourth-order valence-electron chi connectivity index (χ4n) is 2.44. The van der Waals surface area contributed by atoms with Crippen molar-refractivity contribution < 1.29 is 10.0 Å². The van der Waals surface area contributed by atoms with E-state index in [-0.39, 0.29) is 11.4 Å². The number of rotatable bonds is 3. The van der Waals surface area contributed by atoms with Crippen LogP contribution in [0.15, 0.2) is 58.8 Å². The maximum Gasteiger partial charge on any atom is 0.269 e. The number of nitrogens with two attached hydrogens (primary N) is 1. The van der Waals surface area contributed by atoms with Crippen molar-refractivity contribution in [3.8, 4) is 5.75 Å². The largest absolute Gasteiger partial charge is 0.506 e. The number of phenolic OH excluding ortho intramolecular Hbond substituents is 1. The molecule has 24 heavy (non-hydrogen) atoms. The van der Waals surface area contributed by atoms with Gasteiger partial charge in [-0.15, -0.1) is 5.11 Å². The van der Waals surface area contributed by atoms with E-state index >= 15 is 0 Å². The molecule has 120 valence electrons. The summed E-state index contributed by atoms with van der Waals surface area (Å²) in [5, 5.41) is 30.6. The van der Waals surface area contributed by atoms with Gasteiger partial charge in [0.05, 0.1) is 10.6 Å². The van der Waals surface area contributed by atoms with Gasteiger partial charge in [0.25, 0.3) is 5.69 Å². The van der Waals surface area contributed by atoms with Gasteiger partial charge < -0.3 is 10.8 Å². The summed E-state index contributed by atoms with van der Waals surface area (Å²) in [6.07, 6.45) is 0. The predicted octanol–water partition coefficient (Wildman–Crippen LogP) is 4.76. The van der Waals surface area contributed by atoms with E-state index in [4.69, 9.17) is 5.73 Å². The molecule has 0 unspecified atom stereocenters. The van der Waals surface area contributed by atoms with Crippen LogP contribution in [-0.2, 0) is 0 Å². The zero-order valence-electron chi connectivity index (χ0n) is 12.8. The number of nitro benzene ring substituents is 1. The van der Waals surface area contributed by atoms with E-state index in [1.54, 1.807) is 18.2 Å². The predicted molar refractivity (Wildman–Crippen MR) is 92.0 cm³/mol. The lowest BCUT2D eigenvalue weighted by molar-refractivity contribution is -0.384. The van der Waals surface area contributed by atoms with Crippen molar-refractivity contribution in [2.24, 2.45) is 10.2 Å². The average Bonchev–Trinajstić information content (AvgIpc) is 2.55. The number of anilines is 1. The fraction of sp³-hybridized carbons (Fsp3) is 0.0588. The molecule has 3 aromatic rings. The Hall–Kier alpha value is -3.48. The van der Waals surface area contributed by atoms with Gasteiger partial charge in [0.1, 0.15) is 11.4 Å². The minimum atomic E-state index is -0.482. The zero-order valence-corrected chi connectivity index (χ0v) is 12.8. The Morgan fingerprint density at radius 3 is 2.42 bits per heavy atom. The van der Waals surface area contributed by atoms with E-state index in [2.05, 4.69) is 10.2 Å². The minimum Gasteiger partial charge on any atom is -0.506 e. The molecule has 0 aliphatic heterocycles. The number of phenols is 1. The number of aryl methyl sites for hydroxylation is 1. The number of benzene rings is 3. The van der Waals surface area contributed by atoms with Crippen LogP contribution >= 0.6 is 0 Å². The normalized spacial score (nSPS) is 11.2. The Morgan fingerprint density at radius 2 is 1.75 bits per heavy atom. The number of nitrogen functional groups attached to an aromatic ring is 1. The third-order valence-corrected chi connectivity index (χ3v) is 3.65. The van der Waals surface area contributed by atoms with Crippen molar-refractivity contribution >= 4 is 33.5 Å². The number of nitrogens with zero attached hydrogens (tertiary/aromatic N) is 3. The molecular weight excluding hydrogens is 308 g/mol. The summed E-state index contributed by atoms with van der Waals surface area (Å²) in [7, 11) is 0. The van der Waals surface area contributed by atoms with Gasteiger partial charge in [-0.05, 0) is 54.3 Å².